The quantitative estimate of drug-likeness (QED) is 0.833. The number of hydrogen-bond donors (Lipinski definition) is 0. The van der Waals surface area contributed by atoms with Gasteiger partial charge in [-0.25, -0.2) is 17.1 Å². The Morgan fingerprint density at radius 1 is 1.29 bits per heavy atom. The Hall–Kier alpha value is -1.47. The van der Waals surface area contributed by atoms with Crippen LogP contribution in [-0.2, 0) is 14.8 Å². The average Bonchev–Trinajstić information content (AvgIpc) is 2.96. The molecule has 2 unspecified atom stereocenters. The van der Waals surface area contributed by atoms with Gasteiger partial charge in [-0.3, -0.25) is 4.79 Å². The molecular formula is C17H23FN2O3S. The number of halogens is 1. The number of likely N-dealkylation sites (tertiary alicyclic amines) is 1. The molecule has 1 amide bonds. The van der Waals surface area contributed by atoms with Crippen molar-refractivity contribution in [3.8, 4) is 0 Å². The Morgan fingerprint density at radius 3 is 2.62 bits per heavy atom. The summed E-state index contributed by atoms with van der Waals surface area (Å²) in [4.78, 5) is 13.9. The van der Waals surface area contributed by atoms with Gasteiger partial charge in [0.1, 0.15) is 5.82 Å². The Balaban J connectivity index is 1.84. The van der Waals surface area contributed by atoms with E-state index < -0.39 is 15.8 Å². The summed E-state index contributed by atoms with van der Waals surface area (Å²) in [5.74, 6) is -0.319. The molecule has 1 aliphatic heterocycles. The zero-order chi connectivity index (χ0) is 17.5. The first-order chi connectivity index (χ1) is 11.3. The number of carbonyl (C=O) groups excluding carboxylic acids is 1. The van der Waals surface area contributed by atoms with Gasteiger partial charge < -0.3 is 4.90 Å². The number of carbonyl (C=O) groups is 1. The van der Waals surface area contributed by atoms with Gasteiger partial charge in [-0.1, -0.05) is 6.42 Å². The van der Waals surface area contributed by atoms with E-state index in [1.165, 1.54) is 16.4 Å². The number of nitrogens with zero attached hydrogens (tertiary/aromatic N) is 2. The molecule has 2 aliphatic rings. The number of sulfonamides is 1. The molecule has 3 rings (SSSR count). The summed E-state index contributed by atoms with van der Waals surface area (Å²) < 4.78 is 40.0. The van der Waals surface area contributed by atoms with Crippen LogP contribution < -0.4 is 0 Å². The van der Waals surface area contributed by atoms with Crippen molar-refractivity contribution in [1.82, 2.24) is 9.21 Å². The fraction of sp³-hybridized carbons (Fsp3) is 0.588. The highest BCUT2D eigenvalue weighted by molar-refractivity contribution is 7.89. The van der Waals surface area contributed by atoms with E-state index in [-0.39, 0.29) is 22.3 Å². The molecule has 1 saturated heterocycles. The Labute approximate surface area is 142 Å². The van der Waals surface area contributed by atoms with Crippen LogP contribution in [-0.4, -0.2) is 50.2 Å². The third kappa shape index (κ3) is 2.84. The number of rotatable bonds is 4. The molecule has 1 aromatic rings. The van der Waals surface area contributed by atoms with Crippen molar-refractivity contribution < 1.29 is 17.6 Å². The summed E-state index contributed by atoms with van der Waals surface area (Å²) in [5.41, 5.74) is -0.176. The largest absolute Gasteiger partial charge is 0.342 e. The first-order valence-electron chi connectivity index (χ1n) is 8.24. The van der Waals surface area contributed by atoms with Crippen LogP contribution in [0, 0.1) is 11.2 Å². The van der Waals surface area contributed by atoms with Gasteiger partial charge in [0, 0.05) is 38.5 Å². The van der Waals surface area contributed by atoms with Crippen LogP contribution in [0.15, 0.2) is 29.2 Å². The first-order valence-corrected chi connectivity index (χ1v) is 9.68. The van der Waals surface area contributed by atoms with Crippen molar-refractivity contribution in [3.05, 3.63) is 30.1 Å². The van der Waals surface area contributed by atoms with Crippen LogP contribution in [0.2, 0.25) is 0 Å². The predicted molar refractivity (Wildman–Crippen MR) is 88.3 cm³/mol. The fourth-order valence-corrected chi connectivity index (χ4v) is 5.57. The minimum absolute atomic E-state index is 0.0950. The van der Waals surface area contributed by atoms with Crippen molar-refractivity contribution in [2.45, 2.75) is 43.0 Å². The standard InChI is InChI=1S/C17H23FN2O3S/c1-19(24(22,23)14-7-5-13(18)6-8-14)12-17-10-3-4-15(17)20(2)16(21)9-11-17/h5-8,15H,3-4,9-12H2,1-2H3. The van der Waals surface area contributed by atoms with Crippen LogP contribution in [0.4, 0.5) is 4.39 Å². The number of fused-ring (bicyclic) bond motifs is 1. The van der Waals surface area contributed by atoms with E-state index in [4.69, 9.17) is 0 Å². The van der Waals surface area contributed by atoms with E-state index in [2.05, 4.69) is 0 Å². The lowest BCUT2D eigenvalue weighted by atomic mass is 9.75. The minimum atomic E-state index is -3.67. The van der Waals surface area contributed by atoms with Gasteiger partial charge in [0.25, 0.3) is 0 Å². The second-order valence-corrected chi connectivity index (χ2v) is 9.03. The molecule has 0 N–H and O–H groups in total. The molecule has 132 valence electrons. The monoisotopic (exact) mass is 354 g/mol. The molecule has 1 heterocycles. The number of hydrogen-bond acceptors (Lipinski definition) is 3. The molecule has 0 aromatic heterocycles. The maximum absolute atomic E-state index is 13.1. The molecular weight excluding hydrogens is 331 g/mol. The molecule has 7 heteroatoms. The van der Waals surface area contributed by atoms with Crippen LogP contribution in [0.3, 0.4) is 0 Å². The maximum atomic E-state index is 13.1. The molecule has 24 heavy (non-hydrogen) atoms. The lowest BCUT2D eigenvalue weighted by molar-refractivity contribution is -0.139. The zero-order valence-corrected chi connectivity index (χ0v) is 14.9. The maximum Gasteiger partial charge on any atom is 0.242 e. The summed E-state index contributed by atoms with van der Waals surface area (Å²) in [7, 11) is -0.278. The summed E-state index contributed by atoms with van der Waals surface area (Å²) in [6.07, 6.45) is 4.06. The summed E-state index contributed by atoms with van der Waals surface area (Å²) in [5, 5.41) is 0. The third-order valence-electron chi connectivity index (χ3n) is 5.62. The van der Waals surface area contributed by atoms with E-state index in [0.29, 0.717) is 13.0 Å². The smallest absolute Gasteiger partial charge is 0.242 e. The zero-order valence-electron chi connectivity index (χ0n) is 14.0. The normalized spacial score (nSPS) is 27.6. The van der Waals surface area contributed by atoms with Gasteiger partial charge in [-0.2, -0.15) is 0 Å². The lowest BCUT2D eigenvalue weighted by Crippen LogP contribution is -2.54. The molecule has 5 nitrogen and oxygen atoms in total. The molecule has 2 fully saturated rings. The number of amides is 1. The van der Waals surface area contributed by atoms with Gasteiger partial charge in [0.2, 0.25) is 15.9 Å². The van der Waals surface area contributed by atoms with Crippen molar-refractivity contribution in [2.75, 3.05) is 20.6 Å². The second-order valence-electron chi connectivity index (χ2n) is 6.99. The highest BCUT2D eigenvalue weighted by Gasteiger charge is 2.50. The second kappa shape index (κ2) is 6.11. The predicted octanol–water partition coefficient (Wildman–Crippen LogP) is 2.24. The van der Waals surface area contributed by atoms with Gasteiger partial charge in [-0.15, -0.1) is 0 Å². The topological polar surface area (TPSA) is 57.7 Å². The third-order valence-corrected chi connectivity index (χ3v) is 7.43. The fourth-order valence-electron chi connectivity index (χ4n) is 4.30. The molecule has 1 aromatic carbocycles. The Morgan fingerprint density at radius 2 is 1.96 bits per heavy atom. The van der Waals surface area contributed by atoms with Crippen molar-refractivity contribution in [2.24, 2.45) is 5.41 Å². The van der Waals surface area contributed by atoms with Crippen molar-refractivity contribution >= 4 is 15.9 Å². The van der Waals surface area contributed by atoms with Gasteiger partial charge >= 0.3 is 0 Å². The SMILES string of the molecule is CN1C(=O)CCC2(CN(C)S(=O)(=O)c3ccc(F)cc3)CCCC12. The van der Waals surface area contributed by atoms with Gasteiger partial charge in [-0.05, 0) is 43.5 Å². The molecule has 2 atom stereocenters. The Bertz CT molecular complexity index is 735. The van der Waals surface area contributed by atoms with Crippen LogP contribution in [0.5, 0.6) is 0 Å². The van der Waals surface area contributed by atoms with E-state index in [1.807, 2.05) is 7.05 Å². The summed E-state index contributed by atoms with van der Waals surface area (Å²) in [6, 6.07) is 5.00. The lowest BCUT2D eigenvalue weighted by Gasteiger charge is -2.46. The first kappa shape index (κ1) is 17.4. The van der Waals surface area contributed by atoms with Crippen LogP contribution >= 0.6 is 0 Å². The van der Waals surface area contributed by atoms with E-state index in [0.717, 1.165) is 37.8 Å². The minimum Gasteiger partial charge on any atom is -0.342 e. The van der Waals surface area contributed by atoms with Crippen LogP contribution in [0.1, 0.15) is 32.1 Å². The molecule has 1 aliphatic carbocycles. The summed E-state index contributed by atoms with van der Waals surface area (Å²) >= 11 is 0. The Kier molecular flexibility index (Phi) is 4.42. The highest BCUT2D eigenvalue weighted by atomic mass is 32.2. The number of benzene rings is 1. The van der Waals surface area contributed by atoms with Gasteiger partial charge in [0.05, 0.1) is 4.90 Å². The molecule has 0 spiro atoms. The molecule has 0 radical (unpaired) electrons. The highest BCUT2D eigenvalue weighted by Crippen LogP contribution is 2.48. The average molecular weight is 354 g/mol. The van der Waals surface area contributed by atoms with Crippen LogP contribution in [0.25, 0.3) is 0 Å². The van der Waals surface area contributed by atoms with E-state index in [1.54, 1.807) is 11.9 Å². The van der Waals surface area contributed by atoms with E-state index in [9.17, 15) is 17.6 Å². The molecule has 0 bridgehead atoms. The van der Waals surface area contributed by atoms with Crippen molar-refractivity contribution in [1.29, 1.82) is 0 Å². The number of piperidine rings is 1. The molecule has 1 saturated carbocycles. The van der Waals surface area contributed by atoms with Gasteiger partial charge in [0.15, 0.2) is 0 Å². The summed E-state index contributed by atoms with van der Waals surface area (Å²) in [6.45, 7) is 0.384. The van der Waals surface area contributed by atoms with Crippen molar-refractivity contribution in [3.63, 3.8) is 0 Å². The van der Waals surface area contributed by atoms with E-state index >= 15 is 0 Å².